The van der Waals surface area contributed by atoms with Crippen LogP contribution in [-0.4, -0.2) is 38.2 Å². The van der Waals surface area contributed by atoms with Crippen LogP contribution in [0.2, 0.25) is 0 Å². The van der Waals surface area contributed by atoms with Crippen molar-refractivity contribution in [1.82, 2.24) is 5.32 Å². The fourth-order valence-corrected chi connectivity index (χ4v) is 1.32. The molecule has 0 saturated heterocycles. The molecule has 1 aromatic carbocycles. The van der Waals surface area contributed by atoms with Gasteiger partial charge in [0.05, 0.1) is 20.3 Å². The number of nitrogens with one attached hydrogen (secondary N) is 1. The monoisotopic (exact) mass is 266 g/mol. The van der Waals surface area contributed by atoms with Gasteiger partial charge >= 0.3 is 5.97 Å². The van der Waals surface area contributed by atoms with Crippen molar-refractivity contribution in [3.05, 3.63) is 35.9 Å². The van der Waals surface area contributed by atoms with E-state index >= 15 is 0 Å². The number of carbonyl (C=O) groups is 2. The summed E-state index contributed by atoms with van der Waals surface area (Å²) in [7, 11) is 1.25. The maximum atomic E-state index is 11.5. The predicted molar refractivity (Wildman–Crippen MR) is 69.1 cm³/mol. The first-order chi connectivity index (χ1) is 9.13. The zero-order chi connectivity index (χ0) is 14.1. The number of benzene rings is 1. The van der Waals surface area contributed by atoms with Crippen molar-refractivity contribution >= 4 is 11.9 Å². The van der Waals surface area contributed by atoms with Crippen molar-refractivity contribution in [3.63, 3.8) is 0 Å². The number of methoxy groups -OCH3 is 1. The Morgan fingerprint density at radius 2 is 2.00 bits per heavy atom. The van der Waals surface area contributed by atoms with Gasteiger partial charge < -0.3 is 20.5 Å². The Morgan fingerprint density at radius 1 is 1.32 bits per heavy atom. The summed E-state index contributed by atoms with van der Waals surface area (Å²) in [6.45, 7) is 0.280. The van der Waals surface area contributed by atoms with E-state index < -0.39 is 17.9 Å². The topological polar surface area (TPSA) is 90.7 Å². The summed E-state index contributed by atoms with van der Waals surface area (Å²) in [5, 5.41) is 2.36. The minimum absolute atomic E-state index is 0.0852. The van der Waals surface area contributed by atoms with Crippen LogP contribution in [0.15, 0.2) is 30.3 Å². The maximum absolute atomic E-state index is 11.5. The van der Waals surface area contributed by atoms with Crippen molar-refractivity contribution in [2.24, 2.45) is 5.73 Å². The molecule has 1 rings (SSSR count). The molecule has 0 heterocycles. The number of nitrogens with two attached hydrogens (primary N) is 1. The van der Waals surface area contributed by atoms with Gasteiger partial charge in [0.15, 0.2) is 0 Å². The van der Waals surface area contributed by atoms with Gasteiger partial charge in [-0.15, -0.1) is 0 Å². The highest BCUT2D eigenvalue weighted by atomic mass is 16.5. The Bertz CT molecular complexity index is 408. The molecule has 0 aliphatic carbocycles. The maximum Gasteiger partial charge on any atom is 0.325 e. The number of rotatable bonds is 7. The molecule has 3 N–H and O–H groups in total. The average molecular weight is 266 g/mol. The highest BCUT2D eigenvalue weighted by molar-refractivity contribution is 5.85. The second-order valence-electron chi connectivity index (χ2n) is 3.90. The van der Waals surface area contributed by atoms with Gasteiger partial charge in [0.2, 0.25) is 5.91 Å². The van der Waals surface area contributed by atoms with Crippen molar-refractivity contribution in [3.8, 4) is 0 Å². The van der Waals surface area contributed by atoms with E-state index in [1.807, 2.05) is 30.3 Å². The molecular weight excluding hydrogens is 248 g/mol. The Morgan fingerprint density at radius 3 is 2.63 bits per heavy atom. The van der Waals surface area contributed by atoms with Gasteiger partial charge in [0.1, 0.15) is 12.6 Å². The molecule has 0 radical (unpaired) electrons. The van der Waals surface area contributed by atoms with E-state index in [1.165, 1.54) is 7.11 Å². The number of hydrogen-bond acceptors (Lipinski definition) is 5. The first-order valence-corrected chi connectivity index (χ1v) is 5.85. The zero-order valence-electron chi connectivity index (χ0n) is 10.8. The van der Waals surface area contributed by atoms with Gasteiger partial charge in [0, 0.05) is 0 Å². The molecule has 0 aromatic heterocycles. The van der Waals surface area contributed by atoms with E-state index in [0.29, 0.717) is 6.61 Å². The fraction of sp³-hybridized carbons (Fsp3) is 0.385. The lowest BCUT2D eigenvalue weighted by atomic mass is 10.2. The van der Waals surface area contributed by atoms with E-state index in [-0.39, 0.29) is 13.2 Å². The quantitative estimate of drug-likeness (QED) is 0.668. The largest absolute Gasteiger partial charge is 0.468 e. The molecule has 6 nitrogen and oxygen atoms in total. The molecule has 1 aromatic rings. The number of hydrogen-bond donors (Lipinski definition) is 2. The molecule has 1 atom stereocenters. The minimum Gasteiger partial charge on any atom is -0.468 e. The summed E-state index contributed by atoms with van der Waals surface area (Å²) in [6, 6.07) is 8.75. The lowest BCUT2D eigenvalue weighted by Crippen LogP contribution is -2.45. The molecule has 1 amide bonds. The van der Waals surface area contributed by atoms with Gasteiger partial charge in [-0.3, -0.25) is 9.59 Å². The lowest BCUT2D eigenvalue weighted by molar-refractivity contribution is -0.141. The number of amides is 1. The van der Waals surface area contributed by atoms with E-state index in [9.17, 15) is 9.59 Å². The van der Waals surface area contributed by atoms with Crippen molar-refractivity contribution in [2.45, 2.75) is 12.6 Å². The number of esters is 1. The Hall–Kier alpha value is -1.92. The third kappa shape index (κ3) is 5.98. The summed E-state index contributed by atoms with van der Waals surface area (Å²) in [5.74, 6) is -0.968. The van der Waals surface area contributed by atoms with Crippen molar-refractivity contribution < 1.29 is 19.1 Å². The first-order valence-electron chi connectivity index (χ1n) is 5.85. The first kappa shape index (κ1) is 15.1. The van der Waals surface area contributed by atoms with Crippen LogP contribution < -0.4 is 11.1 Å². The SMILES string of the molecule is COC(=O)CNC(=O)C(N)COCc1ccccc1. The molecule has 104 valence electrons. The van der Waals surface area contributed by atoms with Crippen LogP contribution in [-0.2, 0) is 25.7 Å². The Kier molecular flexibility index (Phi) is 6.56. The lowest BCUT2D eigenvalue weighted by Gasteiger charge is -2.12. The molecule has 1 unspecified atom stereocenters. The van der Waals surface area contributed by atoms with Gasteiger partial charge in [-0.05, 0) is 5.56 Å². The van der Waals surface area contributed by atoms with E-state index in [1.54, 1.807) is 0 Å². The average Bonchev–Trinajstić information content (AvgIpc) is 2.45. The molecule has 19 heavy (non-hydrogen) atoms. The molecule has 0 bridgehead atoms. The van der Waals surface area contributed by atoms with Crippen molar-refractivity contribution in [1.29, 1.82) is 0 Å². The van der Waals surface area contributed by atoms with E-state index in [4.69, 9.17) is 10.5 Å². The van der Waals surface area contributed by atoms with Crippen LogP contribution in [0, 0.1) is 0 Å². The molecular formula is C13H18N2O4. The Labute approximate surface area is 111 Å². The van der Waals surface area contributed by atoms with Crippen LogP contribution in [0.5, 0.6) is 0 Å². The summed E-state index contributed by atoms with van der Waals surface area (Å²) < 4.78 is 9.73. The van der Waals surface area contributed by atoms with Crippen LogP contribution in [0.25, 0.3) is 0 Å². The third-order valence-corrected chi connectivity index (χ3v) is 2.38. The van der Waals surface area contributed by atoms with Crippen LogP contribution in [0.1, 0.15) is 5.56 Å². The van der Waals surface area contributed by atoms with Gasteiger partial charge in [-0.25, -0.2) is 0 Å². The summed E-state index contributed by atoms with van der Waals surface area (Å²) >= 11 is 0. The fourth-order valence-electron chi connectivity index (χ4n) is 1.32. The normalized spacial score (nSPS) is 11.7. The number of carbonyl (C=O) groups excluding carboxylic acids is 2. The summed E-state index contributed by atoms with van der Waals surface area (Å²) in [4.78, 5) is 22.3. The number of ether oxygens (including phenoxy) is 2. The van der Waals surface area contributed by atoms with E-state index in [0.717, 1.165) is 5.56 Å². The third-order valence-electron chi connectivity index (χ3n) is 2.38. The highest BCUT2D eigenvalue weighted by Crippen LogP contribution is 2.00. The van der Waals surface area contributed by atoms with Crippen molar-refractivity contribution in [2.75, 3.05) is 20.3 Å². The molecule has 0 aliphatic heterocycles. The smallest absolute Gasteiger partial charge is 0.325 e. The van der Waals surface area contributed by atoms with Crippen LogP contribution >= 0.6 is 0 Å². The minimum atomic E-state index is -0.812. The second-order valence-corrected chi connectivity index (χ2v) is 3.90. The molecule has 6 heteroatoms. The second kappa shape index (κ2) is 8.23. The van der Waals surface area contributed by atoms with Gasteiger partial charge in [-0.2, -0.15) is 0 Å². The zero-order valence-corrected chi connectivity index (χ0v) is 10.8. The summed E-state index contributed by atoms with van der Waals surface area (Å²) in [5.41, 5.74) is 6.62. The molecule has 0 fully saturated rings. The summed E-state index contributed by atoms with van der Waals surface area (Å²) in [6.07, 6.45) is 0. The Balaban J connectivity index is 2.21. The van der Waals surface area contributed by atoms with Gasteiger partial charge in [0.25, 0.3) is 0 Å². The van der Waals surface area contributed by atoms with Gasteiger partial charge in [-0.1, -0.05) is 30.3 Å². The predicted octanol–water partition coefficient (Wildman–Crippen LogP) is -0.180. The highest BCUT2D eigenvalue weighted by Gasteiger charge is 2.14. The molecule has 0 spiro atoms. The molecule has 0 saturated carbocycles. The molecule has 0 aliphatic rings. The van der Waals surface area contributed by atoms with Crippen LogP contribution in [0.3, 0.4) is 0 Å². The standard InChI is InChI=1S/C13H18N2O4/c1-18-12(16)7-15-13(17)11(14)9-19-8-10-5-3-2-4-6-10/h2-6,11H,7-9,14H2,1H3,(H,15,17). The van der Waals surface area contributed by atoms with E-state index in [2.05, 4.69) is 10.1 Å². The van der Waals surface area contributed by atoms with Crippen LogP contribution in [0.4, 0.5) is 0 Å².